The number of hydrogen-bond donors (Lipinski definition) is 2. The van der Waals surface area contributed by atoms with Gasteiger partial charge in [0.05, 0.1) is 5.92 Å². The van der Waals surface area contributed by atoms with Crippen molar-refractivity contribution in [2.45, 2.75) is 59.7 Å². The number of alkyl carbamates (subject to hydrolysis) is 1. The highest BCUT2D eigenvalue weighted by molar-refractivity contribution is 5.72. The second-order valence-corrected chi connectivity index (χ2v) is 5.30. The molecule has 0 aromatic heterocycles. The van der Waals surface area contributed by atoms with Gasteiger partial charge >= 0.3 is 12.1 Å². The maximum atomic E-state index is 11.4. The van der Waals surface area contributed by atoms with Crippen LogP contribution in [-0.4, -0.2) is 38.0 Å². The summed E-state index contributed by atoms with van der Waals surface area (Å²) in [4.78, 5) is 22.7. The molecule has 0 aliphatic heterocycles. The van der Waals surface area contributed by atoms with Crippen LogP contribution >= 0.6 is 0 Å². The lowest BCUT2D eigenvalue weighted by Crippen LogP contribution is -2.31. The van der Waals surface area contributed by atoms with E-state index in [0.29, 0.717) is 6.54 Å². The fourth-order valence-corrected chi connectivity index (χ4v) is 1.56. The molecule has 0 unspecified atom stereocenters. The van der Waals surface area contributed by atoms with Gasteiger partial charge in [-0.1, -0.05) is 27.2 Å². The van der Waals surface area contributed by atoms with E-state index < -0.39 is 12.4 Å². The third kappa shape index (κ3) is 12.2. The second-order valence-electron chi connectivity index (χ2n) is 5.30. The molecule has 0 aliphatic carbocycles. The number of nitrogens with one attached hydrogen (secondary N) is 2. The fraction of sp³-hybridized carbons (Fsp3) is 0.867. The molecule has 0 aromatic rings. The average Bonchev–Trinajstić information content (AvgIpc) is 2.41. The third-order valence-corrected chi connectivity index (χ3v) is 2.75. The van der Waals surface area contributed by atoms with E-state index in [1.165, 1.54) is 6.92 Å². The zero-order chi connectivity index (χ0) is 16.1. The van der Waals surface area contributed by atoms with Crippen molar-refractivity contribution in [2.24, 2.45) is 5.92 Å². The largest absolute Gasteiger partial charge is 0.425 e. The van der Waals surface area contributed by atoms with E-state index in [1.54, 1.807) is 13.8 Å². The summed E-state index contributed by atoms with van der Waals surface area (Å²) in [6.07, 6.45) is 2.78. The van der Waals surface area contributed by atoms with Gasteiger partial charge in [-0.05, 0) is 32.4 Å². The van der Waals surface area contributed by atoms with E-state index in [9.17, 15) is 9.59 Å². The Morgan fingerprint density at radius 2 is 1.62 bits per heavy atom. The van der Waals surface area contributed by atoms with E-state index in [4.69, 9.17) is 9.47 Å². The first-order chi connectivity index (χ1) is 9.97. The first kappa shape index (κ1) is 19.7. The summed E-state index contributed by atoms with van der Waals surface area (Å²) in [7, 11) is 0. The quantitative estimate of drug-likeness (QED) is 0.348. The lowest BCUT2D eigenvalue weighted by molar-refractivity contribution is -0.168. The Bertz CT molecular complexity index is 295. The third-order valence-electron chi connectivity index (χ3n) is 2.75. The Kier molecular flexibility index (Phi) is 11.7. The monoisotopic (exact) mass is 302 g/mol. The Morgan fingerprint density at radius 1 is 0.952 bits per heavy atom. The van der Waals surface area contributed by atoms with Gasteiger partial charge in [0.25, 0.3) is 0 Å². The van der Waals surface area contributed by atoms with E-state index in [-0.39, 0.29) is 11.9 Å². The molecule has 0 aliphatic rings. The van der Waals surface area contributed by atoms with Crippen LogP contribution in [0, 0.1) is 5.92 Å². The minimum atomic E-state index is -0.863. The summed E-state index contributed by atoms with van der Waals surface area (Å²) in [5, 5.41) is 5.97. The Morgan fingerprint density at radius 3 is 2.24 bits per heavy atom. The number of carbonyl (C=O) groups is 2. The van der Waals surface area contributed by atoms with E-state index in [1.807, 2.05) is 0 Å². The molecule has 1 amide bonds. The maximum absolute atomic E-state index is 11.4. The summed E-state index contributed by atoms with van der Waals surface area (Å²) in [5.41, 5.74) is 0. The average molecular weight is 302 g/mol. The molecule has 0 radical (unpaired) electrons. The van der Waals surface area contributed by atoms with Gasteiger partial charge in [-0.15, -0.1) is 0 Å². The van der Waals surface area contributed by atoms with E-state index in [2.05, 4.69) is 17.6 Å². The van der Waals surface area contributed by atoms with E-state index in [0.717, 1.165) is 38.8 Å². The van der Waals surface area contributed by atoms with Crippen molar-refractivity contribution in [1.29, 1.82) is 0 Å². The van der Waals surface area contributed by atoms with Gasteiger partial charge in [0.15, 0.2) is 0 Å². The highest BCUT2D eigenvalue weighted by Gasteiger charge is 2.15. The number of carbonyl (C=O) groups excluding carboxylic acids is 2. The smallest absolute Gasteiger partial charge is 0.410 e. The van der Waals surface area contributed by atoms with Crippen LogP contribution in [0.1, 0.15) is 53.4 Å². The molecule has 2 N–H and O–H groups in total. The lowest BCUT2D eigenvalue weighted by Gasteiger charge is -2.15. The first-order valence-electron chi connectivity index (χ1n) is 7.83. The molecule has 0 saturated carbocycles. The van der Waals surface area contributed by atoms with Crippen LogP contribution in [0.5, 0.6) is 0 Å². The van der Waals surface area contributed by atoms with Crippen molar-refractivity contribution < 1.29 is 19.1 Å². The Balaban J connectivity index is 3.51. The van der Waals surface area contributed by atoms with Crippen LogP contribution in [0.25, 0.3) is 0 Å². The summed E-state index contributed by atoms with van der Waals surface area (Å²) < 4.78 is 9.86. The predicted molar refractivity (Wildman–Crippen MR) is 81.9 cm³/mol. The van der Waals surface area contributed by atoms with Gasteiger partial charge in [0.2, 0.25) is 6.29 Å². The zero-order valence-corrected chi connectivity index (χ0v) is 13.7. The van der Waals surface area contributed by atoms with Crippen LogP contribution in [0.4, 0.5) is 4.79 Å². The number of esters is 1. The molecule has 0 aromatic carbocycles. The Hall–Kier alpha value is -1.30. The molecular weight excluding hydrogens is 272 g/mol. The van der Waals surface area contributed by atoms with Gasteiger partial charge in [-0.25, -0.2) is 4.79 Å². The number of rotatable bonds is 11. The molecule has 0 fully saturated rings. The van der Waals surface area contributed by atoms with Crippen molar-refractivity contribution in [1.82, 2.24) is 10.6 Å². The van der Waals surface area contributed by atoms with Gasteiger partial charge in [-0.3, -0.25) is 4.79 Å². The van der Waals surface area contributed by atoms with E-state index >= 15 is 0 Å². The molecule has 0 bridgehead atoms. The number of amides is 1. The maximum Gasteiger partial charge on any atom is 0.410 e. The standard InChI is InChI=1S/C15H30N2O4/c1-5-9-16-10-7-6-8-11-17-15(19)21-13(4)20-14(18)12(2)3/h12-13,16H,5-11H2,1-4H3,(H,17,19)/t13-/m0/s1. The van der Waals surface area contributed by atoms with Crippen LogP contribution in [0.15, 0.2) is 0 Å². The van der Waals surface area contributed by atoms with Gasteiger partial charge < -0.3 is 20.1 Å². The summed E-state index contributed by atoms with van der Waals surface area (Å²) in [6, 6.07) is 0. The SMILES string of the molecule is CCCNCCCCCNC(=O)O[C@@H](C)OC(=O)C(C)C. The van der Waals surface area contributed by atoms with Crippen LogP contribution < -0.4 is 10.6 Å². The molecule has 0 spiro atoms. The predicted octanol–water partition coefficient (Wildman–Crippen LogP) is 2.43. The minimum Gasteiger partial charge on any atom is -0.425 e. The van der Waals surface area contributed by atoms with Crippen molar-refractivity contribution in [3.8, 4) is 0 Å². The van der Waals surface area contributed by atoms with Crippen molar-refractivity contribution in [2.75, 3.05) is 19.6 Å². The van der Waals surface area contributed by atoms with Crippen LogP contribution in [-0.2, 0) is 14.3 Å². The molecule has 21 heavy (non-hydrogen) atoms. The molecule has 6 heteroatoms. The summed E-state index contributed by atoms with van der Waals surface area (Å²) in [5.74, 6) is -0.615. The number of hydrogen-bond acceptors (Lipinski definition) is 5. The summed E-state index contributed by atoms with van der Waals surface area (Å²) in [6.45, 7) is 9.76. The zero-order valence-electron chi connectivity index (χ0n) is 13.7. The molecule has 0 heterocycles. The Labute approximate surface area is 127 Å². The topological polar surface area (TPSA) is 76.7 Å². The molecule has 0 saturated heterocycles. The molecular formula is C15H30N2O4. The highest BCUT2D eigenvalue weighted by Crippen LogP contribution is 2.02. The van der Waals surface area contributed by atoms with Gasteiger partial charge in [0, 0.05) is 13.5 Å². The molecule has 124 valence electrons. The lowest BCUT2D eigenvalue weighted by atomic mass is 10.2. The second kappa shape index (κ2) is 12.4. The highest BCUT2D eigenvalue weighted by atomic mass is 16.7. The van der Waals surface area contributed by atoms with Crippen molar-refractivity contribution >= 4 is 12.1 Å². The van der Waals surface area contributed by atoms with Crippen molar-refractivity contribution in [3.63, 3.8) is 0 Å². The van der Waals surface area contributed by atoms with Gasteiger partial charge in [-0.2, -0.15) is 0 Å². The summed E-state index contributed by atoms with van der Waals surface area (Å²) >= 11 is 0. The molecule has 1 atom stereocenters. The fourth-order valence-electron chi connectivity index (χ4n) is 1.56. The normalized spacial score (nSPS) is 12.0. The van der Waals surface area contributed by atoms with Crippen LogP contribution in [0.2, 0.25) is 0 Å². The molecule has 0 rings (SSSR count). The first-order valence-corrected chi connectivity index (χ1v) is 7.83. The number of unbranched alkanes of at least 4 members (excludes halogenated alkanes) is 2. The van der Waals surface area contributed by atoms with Gasteiger partial charge in [0.1, 0.15) is 0 Å². The molecule has 6 nitrogen and oxygen atoms in total. The van der Waals surface area contributed by atoms with Crippen molar-refractivity contribution in [3.05, 3.63) is 0 Å². The number of ether oxygens (including phenoxy) is 2. The van der Waals surface area contributed by atoms with Crippen LogP contribution in [0.3, 0.4) is 0 Å². The minimum absolute atomic E-state index is 0.236.